The number of hydrogen-bond donors (Lipinski definition) is 0. The van der Waals surface area contributed by atoms with Gasteiger partial charge in [-0.1, -0.05) is 18.2 Å². The van der Waals surface area contributed by atoms with Crippen LogP contribution in [-0.2, 0) is 14.3 Å². The van der Waals surface area contributed by atoms with Crippen molar-refractivity contribution in [3.8, 4) is 0 Å². The Balaban J connectivity index is 1.63. The van der Waals surface area contributed by atoms with E-state index in [1.54, 1.807) is 17.9 Å². The van der Waals surface area contributed by atoms with Gasteiger partial charge in [-0.15, -0.1) is 0 Å². The van der Waals surface area contributed by atoms with Crippen LogP contribution in [0.3, 0.4) is 0 Å². The average Bonchev–Trinajstić information content (AvgIpc) is 3.47. The third-order valence-corrected chi connectivity index (χ3v) is 5.13. The molecule has 0 saturated heterocycles. The summed E-state index contributed by atoms with van der Waals surface area (Å²) >= 11 is 0. The second-order valence-electron chi connectivity index (χ2n) is 7.26. The zero-order chi connectivity index (χ0) is 20.3. The van der Waals surface area contributed by atoms with Crippen LogP contribution >= 0.6 is 0 Å². The minimum absolute atomic E-state index is 0.234. The van der Waals surface area contributed by atoms with Crippen LogP contribution in [0.15, 0.2) is 42.5 Å². The Labute approximate surface area is 166 Å². The van der Waals surface area contributed by atoms with Gasteiger partial charge in [-0.05, 0) is 70.4 Å². The lowest BCUT2D eigenvalue weighted by Crippen LogP contribution is -2.39. The second-order valence-corrected chi connectivity index (χ2v) is 7.26. The van der Waals surface area contributed by atoms with Gasteiger partial charge in [0, 0.05) is 35.7 Å². The normalized spacial score (nSPS) is 14.9. The number of esters is 1. The van der Waals surface area contributed by atoms with Crippen molar-refractivity contribution >= 4 is 23.6 Å². The smallest absolute Gasteiger partial charge is 0.331 e. The second kappa shape index (κ2) is 8.46. The zero-order valence-electron chi connectivity index (χ0n) is 17.0. The first-order valence-electron chi connectivity index (χ1n) is 9.86. The number of nitrogens with zero attached hydrogens (tertiary/aromatic N) is 2. The highest BCUT2D eigenvalue weighted by Gasteiger charge is 2.27. The molecule has 5 heteroatoms. The Bertz CT molecular complexity index is 879. The van der Waals surface area contributed by atoms with Crippen LogP contribution in [0, 0.1) is 13.8 Å². The Morgan fingerprint density at radius 3 is 2.54 bits per heavy atom. The van der Waals surface area contributed by atoms with E-state index in [1.165, 1.54) is 24.6 Å². The largest absolute Gasteiger partial charge is 0.449 e. The number of aryl methyl sites for hydroxylation is 1. The molecule has 28 heavy (non-hydrogen) atoms. The SMILES string of the molecule is CCN(C(=O)[C@@H](C)OC(=O)/C=C/c1cc(C)n(C2CC2)c1C)c1ccccc1. The van der Waals surface area contributed by atoms with E-state index in [0.29, 0.717) is 12.6 Å². The summed E-state index contributed by atoms with van der Waals surface area (Å²) in [5.41, 5.74) is 4.17. The van der Waals surface area contributed by atoms with Gasteiger partial charge in [-0.3, -0.25) is 4.79 Å². The van der Waals surface area contributed by atoms with Crippen LogP contribution in [0.25, 0.3) is 6.08 Å². The quantitative estimate of drug-likeness (QED) is 0.527. The molecule has 0 aliphatic heterocycles. The summed E-state index contributed by atoms with van der Waals surface area (Å²) in [7, 11) is 0. The molecule has 0 bridgehead atoms. The minimum atomic E-state index is -0.851. The Morgan fingerprint density at radius 2 is 1.93 bits per heavy atom. The Kier molecular flexibility index (Phi) is 6.02. The first-order chi connectivity index (χ1) is 13.4. The number of rotatable bonds is 7. The number of aromatic nitrogens is 1. The van der Waals surface area contributed by atoms with E-state index in [0.717, 1.165) is 16.9 Å². The van der Waals surface area contributed by atoms with Crippen LogP contribution in [0.4, 0.5) is 5.69 Å². The molecule has 1 aromatic heterocycles. The third kappa shape index (κ3) is 4.35. The van der Waals surface area contributed by atoms with Gasteiger partial charge in [0.15, 0.2) is 6.10 Å². The maximum atomic E-state index is 12.7. The van der Waals surface area contributed by atoms with Crippen molar-refractivity contribution in [2.45, 2.75) is 52.7 Å². The fraction of sp³-hybridized carbons (Fsp3) is 0.391. The minimum Gasteiger partial charge on any atom is -0.449 e. The number of likely N-dealkylation sites (N-methyl/N-ethyl adjacent to an activating group) is 1. The number of carbonyl (C=O) groups excluding carboxylic acids is 2. The average molecular weight is 380 g/mol. The summed E-state index contributed by atoms with van der Waals surface area (Å²) in [6.45, 7) is 8.17. The molecule has 1 saturated carbocycles. The van der Waals surface area contributed by atoms with Gasteiger partial charge in [-0.25, -0.2) is 4.79 Å². The van der Waals surface area contributed by atoms with Crippen molar-refractivity contribution in [1.29, 1.82) is 0 Å². The molecule has 1 atom stereocenters. The van der Waals surface area contributed by atoms with Gasteiger partial charge >= 0.3 is 5.97 Å². The molecule has 0 unspecified atom stereocenters. The van der Waals surface area contributed by atoms with Gasteiger partial charge in [-0.2, -0.15) is 0 Å². The lowest BCUT2D eigenvalue weighted by Gasteiger charge is -2.24. The molecule has 5 nitrogen and oxygen atoms in total. The highest BCUT2D eigenvalue weighted by Crippen LogP contribution is 2.38. The van der Waals surface area contributed by atoms with E-state index < -0.39 is 12.1 Å². The van der Waals surface area contributed by atoms with Crippen molar-refractivity contribution in [2.24, 2.45) is 0 Å². The molecule has 0 radical (unpaired) electrons. The van der Waals surface area contributed by atoms with E-state index >= 15 is 0 Å². The Hall–Kier alpha value is -2.82. The van der Waals surface area contributed by atoms with Gasteiger partial charge in [0.25, 0.3) is 5.91 Å². The molecule has 0 N–H and O–H groups in total. The molecule has 1 aliphatic rings. The summed E-state index contributed by atoms with van der Waals surface area (Å²) in [5.74, 6) is -0.747. The molecule has 1 fully saturated rings. The number of carbonyl (C=O) groups is 2. The number of para-hydroxylation sites is 1. The molecule has 1 heterocycles. The van der Waals surface area contributed by atoms with Crippen LogP contribution in [0.5, 0.6) is 0 Å². The van der Waals surface area contributed by atoms with Crippen LogP contribution in [-0.4, -0.2) is 29.1 Å². The molecule has 1 aliphatic carbocycles. The fourth-order valence-electron chi connectivity index (χ4n) is 3.58. The summed E-state index contributed by atoms with van der Waals surface area (Å²) < 4.78 is 7.68. The fourth-order valence-corrected chi connectivity index (χ4v) is 3.58. The predicted octanol–water partition coefficient (Wildman–Crippen LogP) is 4.44. The van der Waals surface area contributed by atoms with Crippen molar-refractivity contribution in [3.63, 3.8) is 0 Å². The van der Waals surface area contributed by atoms with Crippen LogP contribution in [0.1, 0.15) is 49.7 Å². The molecule has 2 aromatic rings. The van der Waals surface area contributed by atoms with E-state index in [4.69, 9.17) is 4.74 Å². The van der Waals surface area contributed by atoms with E-state index in [1.807, 2.05) is 37.3 Å². The number of ether oxygens (including phenoxy) is 1. The summed E-state index contributed by atoms with van der Waals surface area (Å²) in [6.07, 6.45) is 4.76. The van der Waals surface area contributed by atoms with Gasteiger partial charge in [0.1, 0.15) is 0 Å². The lowest BCUT2D eigenvalue weighted by molar-refractivity contribution is -0.149. The van der Waals surface area contributed by atoms with E-state index in [9.17, 15) is 9.59 Å². The molecular formula is C23H28N2O3. The number of anilines is 1. The summed E-state index contributed by atoms with van der Waals surface area (Å²) in [4.78, 5) is 26.5. The van der Waals surface area contributed by atoms with Crippen molar-refractivity contribution < 1.29 is 14.3 Å². The first-order valence-corrected chi connectivity index (χ1v) is 9.86. The van der Waals surface area contributed by atoms with Crippen LogP contribution < -0.4 is 4.90 Å². The van der Waals surface area contributed by atoms with E-state index in [-0.39, 0.29) is 5.91 Å². The molecule has 0 spiro atoms. The summed E-state index contributed by atoms with van der Waals surface area (Å²) in [6, 6.07) is 12.1. The van der Waals surface area contributed by atoms with Crippen molar-refractivity contribution in [2.75, 3.05) is 11.4 Å². The Morgan fingerprint density at radius 1 is 1.25 bits per heavy atom. The molecule has 1 amide bonds. The number of benzene rings is 1. The first kappa shape index (κ1) is 19.9. The monoisotopic (exact) mass is 380 g/mol. The maximum absolute atomic E-state index is 12.7. The lowest BCUT2D eigenvalue weighted by atomic mass is 10.2. The third-order valence-electron chi connectivity index (χ3n) is 5.13. The molecule has 148 valence electrons. The van der Waals surface area contributed by atoms with Crippen molar-refractivity contribution in [3.05, 3.63) is 59.4 Å². The number of amides is 1. The van der Waals surface area contributed by atoms with Gasteiger partial charge in [0.2, 0.25) is 0 Å². The standard InChI is InChI=1S/C23H28N2O3/c1-5-24(20-9-7-6-8-10-20)23(27)18(4)28-22(26)14-11-19-15-16(2)25(17(19)3)21-12-13-21/h6-11,14-15,18,21H,5,12-13H2,1-4H3/b14-11+/t18-/m1/s1. The number of hydrogen-bond acceptors (Lipinski definition) is 3. The molecular weight excluding hydrogens is 352 g/mol. The van der Waals surface area contributed by atoms with Gasteiger partial charge in [0.05, 0.1) is 0 Å². The van der Waals surface area contributed by atoms with E-state index in [2.05, 4.69) is 24.5 Å². The highest BCUT2D eigenvalue weighted by atomic mass is 16.5. The topological polar surface area (TPSA) is 51.5 Å². The summed E-state index contributed by atoms with van der Waals surface area (Å²) in [5, 5.41) is 0. The van der Waals surface area contributed by atoms with Crippen molar-refractivity contribution in [1.82, 2.24) is 4.57 Å². The molecule has 3 rings (SSSR count). The van der Waals surface area contributed by atoms with Gasteiger partial charge < -0.3 is 14.2 Å². The molecule has 1 aromatic carbocycles. The van der Waals surface area contributed by atoms with Crippen LogP contribution in [0.2, 0.25) is 0 Å². The highest BCUT2D eigenvalue weighted by molar-refractivity contribution is 5.98. The maximum Gasteiger partial charge on any atom is 0.331 e. The zero-order valence-corrected chi connectivity index (χ0v) is 17.0. The predicted molar refractivity (Wildman–Crippen MR) is 111 cm³/mol.